The summed E-state index contributed by atoms with van der Waals surface area (Å²) in [6.45, 7) is 0. The molecule has 0 radical (unpaired) electrons. The lowest BCUT2D eigenvalue weighted by Crippen LogP contribution is -2.30. The number of benzene rings is 2. The van der Waals surface area contributed by atoms with Gasteiger partial charge >= 0.3 is 0 Å². The van der Waals surface area contributed by atoms with Crippen molar-refractivity contribution in [3.63, 3.8) is 0 Å². The van der Waals surface area contributed by atoms with Crippen LogP contribution in [0, 0.1) is 0 Å². The number of hydrazine groups is 1. The number of amides is 1. The summed E-state index contributed by atoms with van der Waals surface area (Å²) in [7, 11) is 0. The van der Waals surface area contributed by atoms with Crippen LogP contribution < -0.4 is 11.3 Å². The van der Waals surface area contributed by atoms with Gasteiger partial charge in [0, 0.05) is 19.6 Å². The lowest BCUT2D eigenvalue weighted by molar-refractivity contribution is 0.0950. The fourth-order valence-corrected chi connectivity index (χ4v) is 4.18. The minimum absolute atomic E-state index is 0.251. The molecule has 3 rings (SSSR count). The number of rotatable bonds is 1. The van der Waals surface area contributed by atoms with Gasteiger partial charge in [-0.05, 0) is 24.3 Å². The second-order valence-electron chi connectivity index (χ2n) is 3.76. The van der Waals surface area contributed by atoms with Gasteiger partial charge in [0.2, 0.25) is 0 Å². The van der Waals surface area contributed by atoms with Crippen molar-refractivity contribution in [1.29, 1.82) is 0 Å². The Morgan fingerprint density at radius 2 is 1.61 bits per heavy atom. The minimum atomic E-state index is -0.251. The zero-order valence-corrected chi connectivity index (χ0v) is 11.0. The Morgan fingerprint density at radius 1 is 0.944 bits per heavy atom. The van der Waals surface area contributed by atoms with E-state index in [-0.39, 0.29) is 5.91 Å². The summed E-state index contributed by atoms with van der Waals surface area (Å²) in [5.41, 5.74) is 2.82. The van der Waals surface area contributed by atoms with Crippen LogP contribution in [-0.2, 0) is 0 Å². The van der Waals surface area contributed by atoms with Crippen molar-refractivity contribution >= 4 is 29.4 Å². The molecule has 1 heterocycles. The zero-order valence-electron chi connectivity index (χ0n) is 9.34. The molecule has 0 aromatic heterocycles. The third-order valence-electron chi connectivity index (χ3n) is 2.64. The van der Waals surface area contributed by atoms with E-state index in [4.69, 9.17) is 5.84 Å². The highest BCUT2D eigenvalue weighted by molar-refractivity contribution is 8.05. The fourth-order valence-electron chi connectivity index (χ4n) is 1.81. The first-order valence-corrected chi connectivity index (χ1v) is 7.01. The molecular weight excluding hydrogens is 264 g/mol. The Kier molecular flexibility index (Phi) is 3.03. The fraction of sp³-hybridized carbons (Fsp3) is 0. The number of nitrogens with one attached hydrogen (secondary N) is 1. The van der Waals surface area contributed by atoms with Gasteiger partial charge in [-0.25, -0.2) is 5.84 Å². The van der Waals surface area contributed by atoms with E-state index in [9.17, 15) is 4.79 Å². The molecule has 1 aliphatic heterocycles. The summed E-state index contributed by atoms with van der Waals surface area (Å²) in [4.78, 5) is 16.2. The molecular formula is C13H10N2OS2. The molecule has 0 atom stereocenters. The van der Waals surface area contributed by atoms with Crippen LogP contribution in [0.25, 0.3) is 0 Å². The molecule has 18 heavy (non-hydrogen) atoms. The number of carbonyl (C=O) groups is 1. The first-order chi connectivity index (χ1) is 8.79. The SMILES string of the molecule is NNC(=O)c1cccc2c1Sc1ccccc1S2. The first-order valence-electron chi connectivity index (χ1n) is 5.38. The molecule has 0 fully saturated rings. The average molecular weight is 274 g/mol. The second kappa shape index (κ2) is 4.68. The quantitative estimate of drug-likeness (QED) is 0.407. The Balaban J connectivity index is 2.10. The van der Waals surface area contributed by atoms with Gasteiger partial charge in [-0.1, -0.05) is 41.7 Å². The molecule has 0 unspecified atom stereocenters. The molecule has 0 bridgehead atoms. The monoisotopic (exact) mass is 274 g/mol. The van der Waals surface area contributed by atoms with Crippen LogP contribution in [0.4, 0.5) is 0 Å². The summed E-state index contributed by atoms with van der Waals surface area (Å²) >= 11 is 3.30. The van der Waals surface area contributed by atoms with Crippen molar-refractivity contribution in [3.8, 4) is 0 Å². The highest BCUT2D eigenvalue weighted by Gasteiger charge is 2.21. The normalized spacial score (nSPS) is 12.5. The zero-order chi connectivity index (χ0) is 12.5. The Labute approximate surface area is 113 Å². The number of hydrogen-bond acceptors (Lipinski definition) is 4. The minimum Gasteiger partial charge on any atom is -0.290 e. The second-order valence-corrected chi connectivity index (χ2v) is 5.89. The summed E-state index contributed by atoms with van der Waals surface area (Å²) in [5.74, 6) is 4.97. The Morgan fingerprint density at radius 3 is 2.33 bits per heavy atom. The molecule has 5 heteroatoms. The predicted octanol–water partition coefficient (Wildman–Crippen LogP) is 2.91. The van der Waals surface area contributed by atoms with Crippen LogP contribution in [-0.4, -0.2) is 5.91 Å². The molecule has 1 aliphatic rings. The predicted molar refractivity (Wildman–Crippen MR) is 72.8 cm³/mol. The molecule has 0 saturated carbocycles. The number of fused-ring (bicyclic) bond motifs is 2. The first kappa shape index (κ1) is 11.6. The molecule has 2 aromatic rings. The van der Waals surface area contributed by atoms with Gasteiger partial charge in [0.15, 0.2) is 0 Å². The molecule has 90 valence electrons. The maximum Gasteiger partial charge on any atom is 0.266 e. The molecule has 0 spiro atoms. The average Bonchev–Trinajstić information content (AvgIpc) is 2.43. The van der Waals surface area contributed by atoms with Crippen molar-refractivity contribution in [2.24, 2.45) is 5.84 Å². The van der Waals surface area contributed by atoms with Crippen LogP contribution >= 0.6 is 23.5 Å². The van der Waals surface area contributed by atoms with E-state index in [0.29, 0.717) is 5.56 Å². The van der Waals surface area contributed by atoms with Gasteiger partial charge in [0.25, 0.3) is 5.91 Å². The number of nitrogens with two attached hydrogens (primary N) is 1. The van der Waals surface area contributed by atoms with Crippen molar-refractivity contribution in [2.45, 2.75) is 19.6 Å². The highest BCUT2D eigenvalue weighted by Crippen LogP contribution is 2.49. The van der Waals surface area contributed by atoms with Gasteiger partial charge in [-0.15, -0.1) is 0 Å². The van der Waals surface area contributed by atoms with Crippen molar-refractivity contribution < 1.29 is 4.79 Å². The van der Waals surface area contributed by atoms with Crippen LogP contribution in [0.5, 0.6) is 0 Å². The Hall–Kier alpha value is -1.43. The van der Waals surface area contributed by atoms with E-state index in [0.717, 1.165) is 9.79 Å². The van der Waals surface area contributed by atoms with E-state index >= 15 is 0 Å². The van der Waals surface area contributed by atoms with E-state index < -0.39 is 0 Å². The van der Waals surface area contributed by atoms with Crippen molar-refractivity contribution in [2.75, 3.05) is 0 Å². The van der Waals surface area contributed by atoms with E-state index in [1.54, 1.807) is 29.6 Å². The molecule has 2 aromatic carbocycles. The van der Waals surface area contributed by atoms with E-state index in [1.807, 2.05) is 24.3 Å². The van der Waals surface area contributed by atoms with Crippen molar-refractivity contribution in [1.82, 2.24) is 5.43 Å². The lowest BCUT2D eigenvalue weighted by atomic mass is 10.2. The van der Waals surface area contributed by atoms with Gasteiger partial charge in [-0.2, -0.15) is 0 Å². The lowest BCUT2D eigenvalue weighted by Gasteiger charge is -2.19. The van der Waals surface area contributed by atoms with Gasteiger partial charge in [-0.3, -0.25) is 10.2 Å². The molecule has 3 nitrogen and oxygen atoms in total. The van der Waals surface area contributed by atoms with Gasteiger partial charge < -0.3 is 0 Å². The largest absolute Gasteiger partial charge is 0.290 e. The molecule has 1 amide bonds. The molecule has 0 aliphatic carbocycles. The summed E-state index contributed by atoms with van der Waals surface area (Å²) in [6.07, 6.45) is 0. The summed E-state index contributed by atoms with van der Waals surface area (Å²) < 4.78 is 0. The Bertz CT molecular complexity index is 628. The third kappa shape index (κ3) is 1.90. The molecule has 0 saturated heterocycles. The third-order valence-corrected chi connectivity index (χ3v) is 5.25. The molecule has 3 N–H and O–H groups in total. The summed E-state index contributed by atoms with van der Waals surface area (Å²) in [5, 5.41) is 0. The number of carbonyl (C=O) groups excluding carboxylic acids is 1. The maximum absolute atomic E-state index is 11.7. The van der Waals surface area contributed by atoms with Crippen LogP contribution in [0.15, 0.2) is 62.0 Å². The van der Waals surface area contributed by atoms with E-state index in [2.05, 4.69) is 17.6 Å². The van der Waals surface area contributed by atoms with E-state index in [1.165, 1.54) is 9.79 Å². The van der Waals surface area contributed by atoms with Crippen LogP contribution in [0.2, 0.25) is 0 Å². The highest BCUT2D eigenvalue weighted by atomic mass is 32.2. The van der Waals surface area contributed by atoms with Crippen molar-refractivity contribution in [3.05, 3.63) is 48.0 Å². The number of hydrogen-bond donors (Lipinski definition) is 2. The van der Waals surface area contributed by atoms with Gasteiger partial charge in [0.05, 0.1) is 5.56 Å². The van der Waals surface area contributed by atoms with Crippen LogP contribution in [0.3, 0.4) is 0 Å². The summed E-state index contributed by atoms with van der Waals surface area (Å²) in [6, 6.07) is 13.9. The maximum atomic E-state index is 11.7. The number of nitrogen functional groups attached to an aromatic ring is 1. The topological polar surface area (TPSA) is 55.1 Å². The van der Waals surface area contributed by atoms with Gasteiger partial charge in [0.1, 0.15) is 0 Å². The van der Waals surface area contributed by atoms with Crippen LogP contribution in [0.1, 0.15) is 10.4 Å². The smallest absolute Gasteiger partial charge is 0.266 e. The standard InChI is InChI=1S/C13H10N2OS2/c14-15-13(16)8-4-3-7-11-12(8)18-10-6-2-1-5-9(10)17-11/h1-7H,14H2,(H,15,16).